The highest BCUT2D eigenvalue weighted by molar-refractivity contribution is 5.94. The van der Waals surface area contributed by atoms with Gasteiger partial charge in [-0.25, -0.2) is 8.78 Å². The van der Waals surface area contributed by atoms with Crippen LogP contribution in [0.2, 0.25) is 0 Å². The third-order valence-electron chi connectivity index (χ3n) is 3.25. The van der Waals surface area contributed by atoms with Crippen LogP contribution < -0.4 is 10.6 Å². The lowest BCUT2D eigenvalue weighted by atomic mass is 10.1. The Morgan fingerprint density at radius 1 is 1.10 bits per heavy atom. The molecule has 0 saturated carbocycles. The van der Waals surface area contributed by atoms with E-state index in [4.69, 9.17) is 5.73 Å². The lowest BCUT2D eigenvalue weighted by molar-refractivity contribution is -0.117. The molecule has 0 fully saturated rings. The second kappa shape index (κ2) is 6.45. The molecule has 0 radical (unpaired) electrons. The van der Waals surface area contributed by atoms with Crippen molar-refractivity contribution in [3.8, 4) is 0 Å². The third-order valence-corrected chi connectivity index (χ3v) is 3.25. The molecule has 110 valence electrons. The van der Waals surface area contributed by atoms with Crippen LogP contribution in [-0.4, -0.2) is 13.0 Å². The fourth-order valence-corrected chi connectivity index (χ4v) is 1.98. The smallest absolute Gasteiger partial charge is 0.231 e. The standard InChI is InChI=1S/C16H16F2N2O/c1-20(13-4-2-3-12(7-13)10-19)16(21)9-11-5-6-14(17)15(18)8-11/h2-8H,9-10,19H2,1H3. The van der Waals surface area contributed by atoms with Crippen molar-refractivity contribution >= 4 is 11.6 Å². The number of amides is 1. The van der Waals surface area contributed by atoms with Gasteiger partial charge in [0.05, 0.1) is 6.42 Å². The van der Waals surface area contributed by atoms with Crippen molar-refractivity contribution in [1.29, 1.82) is 0 Å². The van der Waals surface area contributed by atoms with Gasteiger partial charge in [0.2, 0.25) is 5.91 Å². The highest BCUT2D eigenvalue weighted by Gasteiger charge is 2.13. The van der Waals surface area contributed by atoms with Gasteiger partial charge in [-0.3, -0.25) is 4.79 Å². The van der Waals surface area contributed by atoms with Crippen LogP contribution >= 0.6 is 0 Å². The van der Waals surface area contributed by atoms with Crippen LogP contribution in [0.25, 0.3) is 0 Å². The summed E-state index contributed by atoms with van der Waals surface area (Å²) in [5.74, 6) is -2.08. The predicted octanol–water partition coefficient (Wildman–Crippen LogP) is 2.63. The van der Waals surface area contributed by atoms with Gasteiger partial charge in [-0.15, -0.1) is 0 Å². The van der Waals surface area contributed by atoms with Gasteiger partial charge in [0.15, 0.2) is 11.6 Å². The van der Waals surface area contributed by atoms with E-state index in [2.05, 4.69) is 0 Å². The zero-order chi connectivity index (χ0) is 15.4. The van der Waals surface area contributed by atoms with Crippen molar-refractivity contribution in [2.24, 2.45) is 5.73 Å². The molecule has 3 nitrogen and oxygen atoms in total. The minimum Gasteiger partial charge on any atom is -0.326 e. The van der Waals surface area contributed by atoms with Crippen molar-refractivity contribution in [3.05, 3.63) is 65.2 Å². The number of carbonyl (C=O) groups is 1. The van der Waals surface area contributed by atoms with Gasteiger partial charge in [0.25, 0.3) is 0 Å². The minimum absolute atomic E-state index is 0.000548. The molecule has 0 bridgehead atoms. The first-order valence-corrected chi connectivity index (χ1v) is 6.50. The number of nitrogens with two attached hydrogens (primary N) is 1. The van der Waals surface area contributed by atoms with Gasteiger partial charge in [-0.2, -0.15) is 0 Å². The maximum atomic E-state index is 13.1. The van der Waals surface area contributed by atoms with Crippen LogP contribution in [0.15, 0.2) is 42.5 Å². The number of hydrogen-bond donors (Lipinski definition) is 1. The fourth-order valence-electron chi connectivity index (χ4n) is 1.98. The summed E-state index contributed by atoms with van der Waals surface area (Å²) in [4.78, 5) is 13.7. The van der Waals surface area contributed by atoms with Gasteiger partial charge >= 0.3 is 0 Å². The van der Waals surface area contributed by atoms with Gasteiger partial charge in [0.1, 0.15) is 0 Å². The van der Waals surface area contributed by atoms with Crippen LogP contribution in [0.4, 0.5) is 14.5 Å². The molecule has 21 heavy (non-hydrogen) atoms. The van der Waals surface area contributed by atoms with E-state index in [1.54, 1.807) is 13.1 Å². The van der Waals surface area contributed by atoms with Gasteiger partial charge in [0, 0.05) is 19.3 Å². The molecule has 2 aromatic rings. The molecule has 0 aliphatic rings. The van der Waals surface area contributed by atoms with Crippen molar-refractivity contribution < 1.29 is 13.6 Å². The highest BCUT2D eigenvalue weighted by Crippen LogP contribution is 2.17. The van der Waals surface area contributed by atoms with E-state index < -0.39 is 11.6 Å². The van der Waals surface area contributed by atoms with Crippen molar-refractivity contribution in [2.75, 3.05) is 11.9 Å². The Bertz CT molecular complexity index is 658. The molecule has 0 unspecified atom stereocenters. The summed E-state index contributed by atoms with van der Waals surface area (Å²) < 4.78 is 26.0. The van der Waals surface area contributed by atoms with E-state index in [1.807, 2.05) is 18.2 Å². The molecule has 0 spiro atoms. The molecular weight excluding hydrogens is 274 g/mol. The highest BCUT2D eigenvalue weighted by atomic mass is 19.2. The molecule has 2 N–H and O–H groups in total. The number of carbonyl (C=O) groups excluding carboxylic acids is 1. The first-order chi connectivity index (χ1) is 10.0. The molecule has 0 aliphatic heterocycles. The zero-order valence-corrected chi connectivity index (χ0v) is 11.6. The van der Waals surface area contributed by atoms with Crippen LogP contribution in [-0.2, 0) is 17.8 Å². The number of benzene rings is 2. The lowest BCUT2D eigenvalue weighted by Gasteiger charge is -2.18. The van der Waals surface area contributed by atoms with Gasteiger partial charge < -0.3 is 10.6 Å². The average Bonchev–Trinajstić information content (AvgIpc) is 2.50. The molecule has 5 heteroatoms. The second-order valence-electron chi connectivity index (χ2n) is 4.75. The molecule has 0 atom stereocenters. The van der Waals surface area contributed by atoms with Crippen LogP contribution in [0.5, 0.6) is 0 Å². The van der Waals surface area contributed by atoms with Crippen LogP contribution in [0.3, 0.4) is 0 Å². The summed E-state index contributed by atoms with van der Waals surface area (Å²) in [6.45, 7) is 0.388. The number of rotatable bonds is 4. The van der Waals surface area contributed by atoms with Gasteiger partial charge in [-0.05, 0) is 35.4 Å². The normalized spacial score (nSPS) is 10.5. The molecule has 0 heterocycles. The average molecular weight is 290 g/mol. The molecule has 2 aromatic carbocycles. The Hall–Kier alpha value is -2.27. The maximum absolute atomic E-state index is 13.1. The Morgan fingerprint density at radius 3 is 2.52 bits per heavy atom. The Labute approximate surface area is 122 Å². The molecule has 1 amide bonds. The number of hydrogen-bond acceptors (Lipinski definition) is 2. The SMILES string of the molecule is CN(C(=O)Cc1ccc(F)c(F)c1)c1cccc(CN)c1. The summed E-state index contributed by atoms with van der Waals surface area (Å²) in [6, 6.07) is 10.8. The quantitative estimate of drug-likeness (QED) is 0.941. The number of nitrogens with zero attached hydrogens (tertiary/aromatic N) is 1. The summed E-state index contributed by atoms with van der Waals surface area (Å²) in [5, 5.41) is 0. The first-order valence-electron chi connectivity index (χ1n) is 6.50. The Kier molecular flexibility index (Phi) is 4.65. The monoisotopic (exact) mass is 290 g/mol. The van der Waals surface area contributed by atoms with Crippen LogP contribution in [0.1, 0.15) is 11.1 Å². The van der Waals surface area contributed by atoms with Gasteiger partial charge in [-0.1, -0.05) is 18.2 Å². The van der Waals surface area contributed by atoms with Crippen molar-refractivity contribution in [3.63, 3.8) is 0 Å². The lowest BCUT2D eigenvalue weighted by Crippen LogP contribution is -2.28. The molecular formula is C16H16F2N2O. The predicted molar refractivity (Wildman–Crippen MR) is 77.8 cm³/mol. The number of likely N-dealkylation sites (N-methyl/N-ethyl adjacent to an activating group) is 1. The summed E-state index contributed by atoms with van der Waals surface area (Å²) in [7, 11) is 1.64. The van der Waals surface area contributed by atoms with E-state index in [1.165, 1.54) is 11.0 Å². The van der Waals surface area contributed by atoms with Crippen molar-refractivity contribution in [2.45, 2.75) is 13.0 Å². The van der Waals surface area contributed by atoms with E-state index in [0.29, 0.717) is 17.8 Å². The number of anilines is 1. The maximum Gasteiger partial charge on any atom is 0.231 e. The van der Waals surface area contributed by atoms with E-state index in [9.17, 15) is 13.6 Å². The van der Waals surface area contributed by atoms with E-state index in [0.717, 1.165) is 17.7 Å². The Morgan fingerprint density at radius 2 is 1.86 bits per heavy atom. The fraction of sp³-hybridized carbons (Fsp3) is 0.188. The molecule has 0 aliphatic carbocycles. The van der Waals surface area contributed by atoms with Crippen LogP contribution in [0, 0.1) is 11.6 Å². The molecule has 2 rings (SSSR count). The summed E-state index contributed by atoms with van der Waals surface area (Å²) in [5.41, 5.74) is 7.63. The number of halogens is 2. The minimum atomic E-state index is -0.951. The summed E-state index contributed by atoms with van der Waals surface area (Å²) >= 11 is 0. The first kappa shape index (κ1) is 15.1. The zero-order valence-electron chi connectivity index (χ0n) is 11.6. The molecule has 0 saturated heterocycles. The van der Waals surface area contributed by atoms with Crippen molar-refractivity contribution in [1.82, 2.24) is 0 Å². The summed E-state index contributed by atoms with van der Waals surface area (Å²) in [6.07, 6.45) is 0.000548. The van der Waals surface area contributed by atoms with E-state index in [-0.39, 0.29) is 12.3 Å². The second-order valence-corrected chi connectivity index (χ2v) is 4.75. The largest absolute Gasteiger partial charge is 0.326 e. The molecule has 0 aromatic heterocycles. The third kappa shape index (κ3) is 3.64. The topological polar surface area (TPSA) is 46.3 Å². The Balaban J connectivity index is 2.13. The van der Waals surface area contributed by atoms with E-state index >= 15 is 0 Å².